The normalized spacial score (nSPS) is 10.2. The Balaban J connectivity index is 2.23. The fourth-order valence-corrected chi connectivity index (χ4v) is 2.06. The van der Waals surface area contributed by atoms with Crippen LogP contribution >= 0.6 is 0 Å². The SMILES string of the molecule is CCc1cccc(C)c1NC(=O)c1ccc(NC)cn1. The molecule has 0 spiro atoms. The third-order valence-corrected chi connectivity index (χ3v) is 3.26. The molecule has 20 heavy (non-hydrogen) atoms. The summed E-state index contributed by atoms with van der Waals surface area (Å²) in [6.45, 7) is 4.07. The van der Waals surface area contributed by atoms with Crippen LogP contribution in [0.15, 0.2) is 36.5 Å². The van der Waals surface area contributed by atoms with Crippen molar-refractivity contribution in [2.24, 2.45) is 0 Å². The summed E-state index contributed by atoms with van der Waals surface area (Å²) < 4.78 is 0. The lowest BCUT2D eigenvalue weighted by Crippen LogP contribution is -2.15. The summed E-state index contributed by atoms with van der Waals surface area (Å²) in [4.78, 5) is 16.4. The molecular formula is C16H19N3O. The van der Waals surface area contributed by atoms with Gasteiger partial charge in [-0.2, -0.15) is 0 Å². The van der Waals surface area contributed by atoms with Crippen molar-refractivity contribution in [2.45, 2.75) is 20.3 Å². The summed E-state index contributed by atoms with van der Waals surface area (Å²) >= 11 is 0. The van der Waals surface area contributed by atoms with Crippen molar-refractivity contribution in [1.82, 2.24) is 4.98 Å². The van der Waals surface area contributed by atoms with Crippen LogP contribution in [0.4, 0.5) is 11.4 Å². The van der Waals surface area contributed by atoms with Gasteiger partial charge in [-0.3, -0.25) is 4.79 Å². The molecular weight excluding hydrogens is 250 g/mol. The van der Waals surface area contributed by atoms with Gasteiger partial charge in [0.05, 0.1) is 11.9 Å². The molecule has 1 amide bonds. The second-order valence-electron chi connectivity index (χ2n) is 4.60. The van der Waals surface area contributed by atoms with Crippen LogP contribution in [-0.4, -0.2) is 17.9 Å². The first kappa shape index (κ1) is 14.1. The predicted molar refractivity (Wildman–Crippen MR) is 82.3 cm³/mol. The zero-order valence-corrected chi connectivity index (χ0v) is 12.0. The molecule has 0 saturated heterocycles. The van der Waals surface area contributed by atoms with Crippen molar-refractivity contribution < 1.29 is 4.79 Å². The van der Waals surface area contributed by atoms with E-state index in [0.29, 0.717) is 5.69 Å². The van der Waals surface area contributed by atoms with Crippen molar-refractivity contribution in [1.29, 1.82) is 0 Å². The summed E-state index contributed by atoms with van der Waals surface area (Å²) in [6.07, 6.45) is 2.52. The predicted octanol–water partition coefficient (Wildman–Crippen LogP) is 3.25. The van der Waals surface area contributed by atoms with Crippen LogP contribution in [0.1, 0.15) is 28.5 Å². The fraction of sp³-hybridized carbons (Fsp3) is 0.250. The van der Waals surface area contributed by atoms with E-state index in [4.69, 9.17) is 0 Å². The summed E-state index contributed by atoms with van der Waals surface area (Å²) in [5.41, 5.74) is 4.37. The van der Waals surface area contributed by atoms with Crippen LogP contribution in [0.5, 0.6) is 0 Å². The van der Waals surface area contributed by atoms with Gasteiger partial charge in [0.15, 0.2) is 0 Å². The molecule has 4 heteroatoms. The van der Waals surface area contributed by atoms with Crippen molar-refractivity contribution >= 4 is 17.3 Å². The second kappa shape index (κ2) is 6.19. The fourth-order valence-electron chi connectivity index (χ4n) is 2.06. The molecule has 2 rings (SSSR count). The van der Waals surface area contributed by atoms with Crippen LogP contribution in [0, 0.1) is 6.92 Å². The topological polar surface area (TPSA) is 54.0 Å². The molecule has 0 bridgehead atoms. The highest BCUT2D eigenvalue weighted by Gasteiger charge is 2.11. The molecule has 2 aromatic rings. The Hall–Kier alpha value is -2.36. The molecule has 0 radical (unpaired) electrons. The van der Waals surface area contributed by atoms with Crippen molar-refractivity contribution in [2.75, 3.05) is 17.7 Å². The van der Waals surface area contributed by atoms with E-state index in [1.165, 1.54) is 0 Å². The first-order valence-corrected chi connectivity index (χ1v) is 6.69. The number of nitrogens with zero attached hydrogens (tertiary/aromatic N) is 1. The van der Waals surface area contributed by atoms with E-state index in [-0.39, 0.29) is 5.91 Å². The molecule has 0 aliphatic rings. The maximum atomic E-state index is 12.2. The van der Waals surface area contributed by atoms with Crippen LogP contribution in [0.3, 0.4) is 0 Å². The van der Waals surface area contributed by atoms with Gasteiger partial charge in [0, 0.05) is 12.7 Å². The highest BCUT2D eigenvalue weighted by Crippen LogP contribution is 2.21. The number of benzene rings is 1. The Kier molecular flexibility index (Phi) is 4.35. The third-order valence-electron chi connectivity index (χ3n) is 3.26. The van der Waals surface area contributed by atoms with E-state index < -0.39 is 0 Å². The minimum atomic E-state index is -0.184. The molecule has 0 fully saturated rings. The van der Waals surface area contributed by atoms with Gasteiger partial charge in [-0.25, -0.2) is 4.98 Å². The van der Waals surface area contributed by atoms with E-state index >= 15 is 0 Å². The average Bonchev–Trinajstić information content (AvgIpc) is 2.49. The lowest BCUT2D eigenvalue weighted by atomic mass is 10.1. The largest absolute Gasteiger partial charge is 0.387 e. The Bertz CT molecular complexity index is 606. The number of hydrogen-bond acceptors (Lipinski definition) is 3. The minimum absolute atomic E-state index is 0.184. The van der Waals surface area contributed by atoms with Gasteiger partial charge in [0.1, 0.15) is 5.69 Å². The maximum Gasteiger partial charge on any atom is 0.274 e. The van der Waals surface area contributed by atoms with Crippen molar-refractivity contribution in [3.8, 4) is 0 Å². The summed E-state index contributed by atoms with van der Waals surface area (Å²) in [7, 11) is 1.82. The second-order valence-corrected chi connectivity index (χ2v) is 4.60. The van der Waals surface area contributed by atoms with Gasteiger partial charge in [0.25, 0.3) is 5.91 Å². The van der Waals surface area contributed by atoms with Gasteiger partial charge in [-0.15, -0.1) is 0 Å². The quantitative estimate of drug-likeness (QED) is 0.895. The van der Waals surface area contributed by atoms with Gasteiger partial charge in [-0.05, 0) is 36.6 Å². The Labute approximate surface area is 119 Å². The zero-order chi connectivity index (χ0) is 14.5. The molecule has 4 nitrogen and oxygen atoms in total. The number of pyridine rings is 1. The van der Waals surface area contributed by atoms with E-state index in [1.807, 2.05) is 38.2 Å². The average molecular weight is 269 g/mol. The van der Waals surface area contributed by atoms with Gasteiger partial charge in [-0.1, -0.05) is 25.1 Å². The standard InChI is InChI=1S/C16H19N3O/c1-4-12-7-5-6-11(2)15(12)19-16(20)14-9-8-13(17-3)10-18-14/h5-10,17H,4H2,1-3H3,(H,19,20). The molecule has 0 atom stereocenters. The molecule has 1 aromatic carbocycles. The number of hydrogen-bond donors (Lipinski definition) is 2. The first-order valence-electron chi connectivity index (χ1n) is 6.69. The Morgan fingerprint density at radius 3 is 2.65 bits per heavy atom. The van der Waals surface area contributed by atoms with Crippen molar-refractivity contribution in [3.63, 3.8) is 0 Å². The van der Waals surface area contributed by atoms with Crippen LogP contribution in [-0.2, 0) is 6.42 Å². The molecule has 2 N–H and O–H groups in total. The van der Waals surface area contributed by atoms with Crippen LogP contribution in [0.25, 0.3) is 0 Å². The molecule has 1 heterocycles. The van der Waals surface area contributed by atoms with Crippen molar-refractivity contribution in [3.05, 3.63) is 53.3 Å². The van der Waals surface area contributed by atoms with Crippen LogP contribution < -0.4 is 10.6 Å². The monoisotopic (exact) mass is 269 g/mol. The van der Waals surface area contributed by atoms with E-state index in [1.54, 1.807) is 12.3 Å². The summed E-state index contributed by atoms with van der Waals surface area (Å²) in [5.74, 6) is -0.184. The first-order chi connectivity index (χ1) is 9.65. The highest BCUT2D eigenvalue weighted by atomic mass is 16.1. The minimum Gasteiger partial charge on any atom is -0.387 e. The zero-order valence-electron chi connectivity index (χ0n) is 12.0. The molecule has 0 aliphatic heterocycles. The number of aryl methyl sites for hydroxylation is 2. The number of rotatable bonds is 4. The van der Waals surface area contributed by atoms with E-state index in [0.717, 1.165) is 28.9 Å². The third kappa shape index (κ3) is 2.96. The number of nitrogens with one attached hydrogen (secondary N) is 2. The van der Waals surface area contributed by atoms with E-state index in [9.17, 15) is 4.79 Å². The number of carbonyl (C=O) groups excluding carboxylic acids is 1. The van der Waals surface area contributed by atoms with Gasteiger partial charge < -0.3 is 10.6 Å². The number of carbonyl (C=O) groups is 1. The lowest BCUT2D eigenvalue weighted by Gasteiger charge is -2.12. The molecule has 0 aliphatic carbocycles. The number of para-hydroxylation sites is 1. The molecule has 104 valence electrons. The number of anilines is 2. The number of amides is 1. The molecule has 0 unspecified atom stereocenters. The molecule has 0 saturated carbocycles. The smallest absolute Gasteiger partial charge is 0.274 e. The number of aromatic nitrogens is 1. The van der Waals surface area contributed by atoms with Gasteiger partial charge >= 0.3 is 0 Å². The summed E-state index contributed by atoms with van der Waals surface area (Å²) in [5, 5.41) is 5.94. The highest BCUT2D eigenvalue weighted by molar-refractivity contribution is 6.03. The Morgan fingerprint density at radius 1 is 1.25 bits per heavy atom. The maximum absolute atomic E-state index is 12.2. The summed E-state index contributed by atoms with van der Waals surface area (Å²) in [6, 6.07) is 9.57. The van der Waals surface area contributed by atoms with E-state index in [2.05, 4.69) is 22.5 Å². The van der Waals surface area contributed by atoms with Crippen LogP contribution in [0.2, 0.25) is 0 Å². The molecule has 1 aromatic heterocycles. The Morgan fingerprint density at radius 2 is 2.05 bits per heavy atom. The lowest BCUT2D eigenvalue weighted by molar-refractivity contribution is 0.102. The van der Waals surface area contributed by atoms with Gasteiger partial charge in [0.2, 0.25) is 0 Å².